The van der Waals surface area contributed by atoms with Gasteiger partial charge in [0.05, 0.1) is 6.42 Å². The van der Waals surface area contributed by atoms with E-state index in [4.69, 9.17) is 5.26 Å². The van der Waals surface area contributed by atoms with E-state index in [1.165, 1.54) is 25.7 Å². The van der Waals surface area contributed by atoms with Gasteiger partial charge in [-0.15, -0.1) is 0 Å². The summed E-state index contributed by atoms with van der Waals surface area (Å²) in [6, 6.07) is 0. The standard InChI is InChI=1S/C22H32O3/c1-2-3-4-5-6-7-8-9-10-11-12-13-14-15-16-17-18-19-20-21-22(23)25-24/h5-6,10-19,24H,2-4,7-9,20-21H2,1H3/b6-5+,11-10+,13-12+,15-14+,17-16+,19-18+. The fourth-order valence-corrected chi connectivity index (χ4v) is 1.89. The van der Waals surface area contributed by atoms with Crippen LogP contribution < -0.4 is 0 Å². The van der Waals surface area contributed by atoms with E-state index >= 15 is 0 Å². The van der Waals surface area contributed by atoms with E-state index in [1.54, 1.807) is 0 Å². The molecule has 1 N–H and O–H groups in total. The van der Waals surface area contributed by atoms with Crippen LogP contribution in [0.3, 0.4) is 0 Å². The van der Waals surface area contributed by atoms with Crippen LogP contribution in [0.2, 0.25) is 0 Å². The predicted octanol–water partition coefficient (Wildman–Crippen LogP) is 6.48. The number of hydrogen-bond donors (Lipinski definition) is 1. The second-order valence-electron chi connectivity index (χ2n) is 5.56. The minimum absolute atomic E-state index is 0.181. The highest BCUT2D eigenvalue weighted by molar-refractivity contribution is 5.68. The fourth-order valence-electron chi connectivity index (χ4n) is 1.89. The SMILES string of the molecule is CCCC/C=C/CCC/C=C/C=C/C=C/C=C/C=C/CCC(=O)OO. The lowest BCUT2D eigenvalue weighted by atomic mass is 10.2. The maximum atomic E-state index is 10.6. The van der Waals surface area contributed by atoms with Crippen LogP contribution in [0.1, 0.15) is 58.3 Å². The molecule has 25 heavy (non-hydrogen) atoms. The van der Waals surface area contributed by atoms with Gasteiger partial charge < -0.3 is 4.89 Å². The van der Waals surface area contributed by atoms with Gasteiger partial charge in [-0.05, 0) is 32.1 Å². The second-order valence-corrected chi connectivity index (χ2v) is 5.56. The highest BCUT2D eigenvalue weighted by Crippen LogP contribution is 2.01. The highest BCUT2D eigenvalue weighted by Gasteiger charge is 1.97. The van der Waals surface area contributed by atoms with Crippen molar-refractivity contribution in [1.82, 2.24) is 0 Å². The molecule has 0 unspecified atom stereocenters. The molecule has 138 valence electrons. The Morgan fingerprint density at radius 2 is 1.20 bits per heavy atom. The van der Waals surface area contributed by atoms with Crippen molar-refractivity contribution in [3.8, 4) is 0 Å². The third-order valence-corrected chi connectivity index (χ3v) is 3.30. The summed E-state index contributed by atoms with van der Waals surface area (Å²) < 4.78 is 0. The van der Waals surface area contributed by atoms with Crippen molar-refractivity contribution in [2.75, 3.05) is 0 Å². The molecular formula is C22H32O3. The molecule has 0 saturated heterocycles. The summed E-state index contributed by atoms with van der Waals surface area (Å²) in [5, 5.41) is 8.08. The zero-order valence-electron chi connectivity index (χ0n) is 15.3. The quantitative estimate of drug-likeness (QED) is 0.129. The minimum Gasteiger partial charge on any atom is -0.301 e. The Labute approximate surface area is 152 Å². The average molecular weight is 344 g/mol. The van der Waals surface area contributed by atoms with E-state index < -0.39 is 5.97 Å². The van der Waals surface area contributed by atoms with E-state index in [0.717, 1.165) is 12.8 Å². The molecule has 0 amide bonds. The van der Waals surface area contributed by atoms with Gasteiger partial charge in [-0.2, -0.15) is 5.26 Å². The molecule has 0 aliphatic carbocycles. The Kier molecular flexibility index (Phi) is 18.2. The zero-order valence-corrected chi connectivity index (χ0v) is 15.3. The fraction of sp³-hybridized carbons (Fsp3) is 0.409. The summed E-state index contributed by atoms with van der Waals surface area (Å²) in [7, 11) is 0. The van der Waals surface area contributed by atoms with Crippen LogP contribution in [0.25, 0.3) is 0 Å². The summed E-state index contributed by atoms with van der Waals surface area (Å²) >= 11 is 0. The first-order valence-corrected chi connectivity index (χ1v) is 9.12. The molecule has 3 heteroatoms. The van der Waals surface area contributed by atoms with Crippen molar-refractivity contribution in [3.05, 3.63) is 72.9 Å². The first kappa shape index (κ1) is 22.9. The van der Waals surface area contributed by atoms with Gasteiger partial charge in [0.25, 0.3) is 0 Å². The van der Waals surface area contributed by atoms with E-state index in [9.17, 15) is 4.79 Å². The molecule has 0 aliphatic rings. The van der Waals surface area contributed by atoms with Crippen LogP contribution >= 0.6 is 0 Å². The topological polar surface area (TPSA) is 46.5 Å². The van der Waals surface area contributed by atoms with E-state index in [1.807, 2.05) is 48.6 Å². The van der Waals surface area contributed by atoms with Crippen molar-refractivity contribution < 1.29 is 14.9 Å². The zero-order chi connectivity index (χ0) is 18.4. The summed E-state index contributed by atoms with van der Waals surface area (Å²) in [5.74, 6) is -0.616. The molecule has 0 saturated carbocycles. The van der Waals surface area contributed by atoms with Gasteiger partial charge in [0.15, 0.2) is 0 Å². The van der Waals surface area contributed by atoms with Gasteiger partial charge in [-0.1, -0.05) is 92.7 Å². The number of rotatable bonds is 14. The average Bonchev–Trinajstić information content (AvgIpc) is 2.63. The Morgan fingerprint density at radius 1 is 0.720 bits per heavy atom. The van der Waals surface area contributed by atoms with Crippen LogP contribution in [0, 0.1) is 0 Å². The van der Waals surface area contributed by atoms with Crippen molar-refractivity contribution in [2.45, 2.75) is 58.3 Å². The Hall–Kier alpha value is -2.13. The number of hydrogen-bond acceptors (Lipinski definition) is 3. The van der Waals surface area contributed by atoms with Crippen LogP contribution in [0.4, 0.5) is 0 Å². The predicted molar refractivity (Wildman–Crippen MR) is 106 cm³/mol. The molecule has 0 radical (unpaired) electrons. The summed E-state index contributed by atoms with van der Waals surface area (Å²) in [5.41, 5.74) is 0. The Morgan fingerprint density at radius 3 is 1.76 bits per heavy atom. The van der Waals surface area contributed by atoms with Gasteiger partial charge in [0, 0.05) is 0 Å². The maximum absolute atomic E-state index is 10.6. The third kappa shape index (κ3) is 19.8. The molecule has 3 nitrogen and oxygen atoms in total. The lowest BCUT2D eigenvalue weighted by Gasteiger charge is -1.90. The van der Waals surface area contributed by atoms with Crippen LogP contribution in [-0.2, 0) is 9.68 Å². The molecule has 0 fully saturated rings. The first-order valence-electron chi connectivity index (χ1n) is 9.12. The Balaban J connectivity index is 3.61. The number of allylic oxidation sites excluding steroid dienone is 12. The van der Waals surface area contributed by atoms with Crippen molar-refractivity contribution in [2.24, 2.45) is 0 Å². The van der Waals surface area contributed by atoms with Crippen molar-refractivity contribution in [1.29, 1.82) is 0 Å². The van der Waals surface area contributed by atoms with Crippen LogP contribution in [0.15, 0.2) is 72.9 Å². The molecule has 0 atom stereocenters. The smallest absolute Gasteiger partial charge is 0.301 e. The summed E-state index contributed by atoms with van der Waals surface area (Å²) in [4.78, 5) is 14.2. The lowest BCUT2D eigenvalue weighted by Crippen LogP contribution is -1.98. The number of carbonyl (C=O) groups is 1. The Bertz CT molecular complexity index is 480. The summed E-state index contributed by atoms with van der Waals surface area (Å²) in [6.07, 6.45) is 32.3. The second kappa shape index (κ2) is 19.9. The van der Waals surface area contributed by atoms with Gasteiger partial charge in [0.1, 0.15) is 0 Å². The third-order valence-electron chi connectivity index (χ3n) is 3.30. The monoisotopic (exact) mass is 344 g/mol. The molecule has 0 aromatic rings. The molecule has 0 aromatic heterocycles. The normalized spacial score (nSPS) is 12.9. The largest absolute Gasteiger partial charge is 0.342 e. The molecule has 0 spiro atoms. The van der Waals surface area contributed by atoms with Gasteiger partial charge in [0.2, 0.25) is 0 Å². The van der Waals surface area contributed by atoms with E-state index in [0.29, 0.717) is 6.42 Å². The van der Waals surface area contributed by atoms with Gasteiger partial charge >= 0.3 is 5.97 Å². The number of carbonyl (C=O) groups excluding carboxylic acids is 1. The van der Waals surface area contributed by atoms with Gasteiger partial charge in [-0.25, -0.2) is 4.79 Å². The molecular weight excluding hydrogens is 312 g/mol. The maximum Gasteiger partial charge on any atom is 0.342 e. The van der Waals surface area contributed by atoms with Crippen LogP contribution in [-0.4, -0.2) is 11.2 Å². The van der Waals surface area contributed by atoms with Crippen molar-refractivity contribution in [3.63, 3.8) is 0 Å². The summed E-state index contributed by atoms with van der Waals surface area (Å²) in [6.45, 7) is 2.22. The molecule has 0 aromatic carbocycles. The molecule has 0 rings (SSSR count). The van der Waals surface area contributed by atoms with E-state index in [-0.39, 0.29) is 6.42 Å². The molecule has 0 bridgehead atoms. The minimum atomic E-state index is -0.616. The van der Waals surface area contributed by atoms with Crippen molar-refractivity contribution >= 4 is 5.97 Å². The van der Waals surface area contributed by atoms with E-state index in [2.05, 4.69) is 36.1 Å². The first-order chi connectivity index (χ1) is 12.3. The molecule has 0 aliphatic heterocycles. The number of unbranched alkanes of at least 4 members (excludes halogenated alkanes) is 4. The molecule has 0 heterocycles. The lowest BCUT2D eigenvalue weighted by molar-refractivity contribution is -0.234. The van der Waals surface area contributed by atoms with Gasteiger partial charge in [-0.3, -0.25) is 0 Å². The van der Waals surface area contributed by atoms with Crippen LogP contribution in [0.5, 0.6) is 0 Å². The highest BCUT2D eigenvalue weighted by atomic mass is 17.1.